The molecule has 1 amide bonds. The van der Waals surface area contributed by atoms with Crippen molar-refractivity contribution in [3.8, 4) is 0 Å². The average molecular weight is 317 g/mol. The molecule has 2 aliphatic rings. The van der Waals surface area contributed by atoms with Gasteiger partial charge in [0.05, 0.1) is 5.37 Å². The van der Waals surface area contributed by atoms with Crippen LogP contribution >= 0.6 is 23.5 Å². The second-order valence-corrected chi connectivity index (χ2v) is 8.26. The third-order valence-electron chi connectivity index (χ3n) is 3.98. The van der Waals surface area contributed by atoms with Crippen LogP contribution < -0.4 is 0 Å². The van der Waals surface area contributed by atoms with Crippen LogP contribution in [0.15, 0.2) is 0 Å². The van der Waals surface area contributed by atoms with Crippen LogP contribution in [-0.4, -0.2) is 50.6 Å². The summed E-state index contributed by atoms with van der Waals surface area (Å²) in [6.07, 6.45) is 2.69. The Labute approximate surface area is 129 Å². The van der Waals surface area contributed by atoms with Gasteiger partial charge in [0.2, 0.25) is 5.91 Å². The summed E-state index contributed by atoms with van der Waals surface area (Å²) in [7, 11) is 0. The number of nitrogens with zero attached hydrogens (tertiary/aromatic N) is 1. The Morgan fingerprint density at radius 1 is 1.30 bits per heavy atom. The first-order valence-corrected chi connectivity index (χ1v) is 9.44. The van der Waals surface area contributed by atoms with Crippen molar-refractivity contribution in [1.29, 1.82) is 0 Å². The van der Waals surface area contributed by atoms with Gasteiger partial charge in [-0.25, -0.2) is 4.79 Å². The number of aliphatic carboxylic acids is 1. The highest BCUT2D eigenvalue weighted by Gasteiger charge is 2.43. The second kappa shape index (κ2) is 7.07. The lowest BCUT2D eigenvalue weighted by Crippen LogP contribution is -2.47. The van der Waals surface area contributed by atoms with E-state index in [-0.39, 0.29) is 17.2 Å². The molecule has 2 fully saturated rings. The van der Waals surface area contributed by atoms with Gasteiger partial charge in [-0.15, -0.1) is 11.8 Å². The number of hydrogen-bond donors (Lipinski definition) is 1. The van der Waals surface area contributed by atoms with Crippen molar-refractivity contribution >= 4 is 35.4 Å². The molecule has 4 nitrogen and oxygen atoms in total. The molecule has 20 heavy (non-hydrogen) atoms. The van der Waals surface area contributed by atoms with Crippen LogP contribution in [0.25, 0.3) is 0 Å². The number of carbonyl (C=O) groups excluding carboxylic acids is 1. The van der Waals surface area contributed by atoms with Crippen molar-refractivity contribution in [3.63, 3.8) is 0 Å². The number of hydrogen-bond acceptors (Lipinski definition) is 4. The Hall–Kier alpha value is -0.360. The fraction of sp³-hybridized carbons (Fsp3) is 0.857. The molecule has 2 aliphatic heterocycles. The first kappa shape index (κ1) is 16.0. The molecule has 0 aromatic rings. The number of rotatable bonds is 4. The molecule has 0 aromatic heterocycles. The standard InChI is InChI=1S/C14H23NO3S2/c1-9(2)13-15(11(8-20-13)14(17)18)12(16)7-10-3-5-19-6-4-10/h9-11,13H,3-8H2,1-2H3,(H,17,18). The van der Waals surface area contributed by atoms with E-state index in [1.807, 2.05) is 11.8 Å². The molecule has 0 aromatic carbocycles. The van der Waals surface area contributed by atoms with Crippen LogP contribution in [0.2, 0.25) is 0 Å². The molecule has 0 bridgehead atoms. The Bertz CT molecular complexity index is 369. The Balaban J connectivity index is 2.04. The summed E-state index contributed by atoms with van der Waals surface area (Å²) >= 11 is 3.55. The van der Waals surface area contributed by atoms with Crippen molar-refractivity contribution in [3.05, 3.63) is 0 Å². The SMILES string of the molecule is CC(C)C1SCC(C(=O)O)N1C(=O)CC1CCSCC1. The van der Waals surface area contributed by atoms with Gasteiger partial charge in [-0.2, -0.15) is 11.8 Å². The number of carboxylic acid groups (broad SMARTS) is 1. The van der Waals surface area contributed by atoms with E-state index in [1.54, 1.807) is 16.7 Å². The third kappa shape index (κ3) is 3.64. The number of thioether (sulfide) groups is 2. The van der Waals surface area contributed by atoms with E-state index in [0.29, 0.717) is 18.1 Å². The molecule has 0 aliphatic carbocycles. The van der Waals surface area contributed by atoms with Crippen LogP contribution in [-0.2, 0) is 9.59 Å². The van der Waals surface area contributed by atoms with E-state index in [9.17, 15) is 14.7 Å². The molecule has 1 N–H and O–H groups in total. The Morgan fingerprint density at radius 3 is 2.50 bits per heavy atom. The minimum Gasteiger partial charge on any atom is -0.480 e. The molecule has 114 valence electrons. The molecule has 2 heterocycles. The van der Waals surface area contributed by atoms with E-state index >= 15 is 0 Å². The molecule has 0 saturated carbocycles. The average Bonchev–Trinajstić information content (AvgIpc) is 2.84. The normalized spacial score (nSPS) is 28.1. The summed E-state index contributed by atoms with van der Waals surface area (Å²) in [5.41, 5.74) is 0. The molecule has 6 heteroatoms. The summed E-state index contributed by atoms with van der Waals surface area (Å²) in [6, 6.07) is -0.641. The fourth-order valence-electron chi connectivity index (χ4n) is 2.85. The van der Waals surface area contributed by atoms with Gasteiger partial charge in [0.25, 0.3) is 0 Å². The number of amides is 1. The third-order valence-corrected chi connectivity index (χ3v) is 6.65. The largest absolute Gasteiger partial charge is 0.480 e. The predicted octanol–water partition coefficient (Wildman–Crippen LogP) is 2.53. The van der Waals surface area contributed by atoms with Crippen LogP contribution in [0.3, 0.4) is 0 Å². The van der Waals surface area contributed by atoms with Gasteiger partial charge in [-0.1, -0.05) is 13.8 Å². The maximum Gasteiger partial charge on any atom is 0.327 e. The van der Waals surface area contributed by atoms with Crippen molar-refractivity contribution in [2.75, 3.05) is 17.3 Å². The van der Waals surface area contributed by atoms with Crippen molar-refractivity contribution < 1.29 is 14.7 Å². The highest BCUT2D eigenvalue weighted by atomic mass is 32.2. The van der Waals surface area contributed by atoms with Crippen LogP contribution in [0, 0.1) is 11.8 Å². The predicted molar refractivity (Wildman–Crippen MR) is 84.0 cm³/mol. The van der Waals surface area contributed by atoms with E-state index in [1.165, 1.54) is 0 Å². The molecular formula is C14H23NO3S2. The fourth-order valence-corrected chi connectivity index (χ4v) is 5.55. The van der Waals surface area contributed by atoms with Crippen molar-refractivity contribution in [2.24, 2.45) is 11.8 Å². The van der Waals surface area contributed by atoms with E-state index < -0.39 is 12.0 Å². The van der Waals surface area contributed by atoms with Crippen LogP contribution in [0.1, 0.15) is 33.1 Å². The molecule has 0 spiro atoms. The van der Waals surface area contributed by atoms with Crippen molar-refractivity contribution in [2.45, 2.75) is 44.5 Å². The number of carbonyl (C=O) groups is 2. The lowest BCUT2D eigenvalue weighted by atomic mass is 9.97. The first-order chi connectivity index (χ1) is 9.50. The Morgan fingerprint density at radius 2 is 1.95 bits per heavy atom. The topological polar surface area (TPSA) is 57.6 Å². The molecule has 2 saturated heterocycles. The van der Waals surface area contributed by atoms with E-state index in [4.69, 9.17) is 0 Å². The molecular weight excluding hydrogens is 294 g/mol. The maximum atomic E-state index is 12.6. The van der Waals surface area contributed by atoms with E-state index in [2.05, 4.69) is 13.8 Å². The second-order valence-electron chi connectivity index (χ2n) is 5.88. The molecule has 2 unspecified atom stereocenters. The van der Waals surface area contributed by atoms with Gasteiger partial charge in [0.15, 0.2) is 0 Å². The highest BCUT2D eigenvalue weighted by Crippen LogP contribution is 2.36. The Kier molecular flexibility index (Phi) is 5.66. The van der Waals surface area contributed by atoms with Gasteiger partial charge < -0.3 is 10.0 Å². The summed E-state index contributed by atoms with van der Waals surface area (Å²) in [5, 5.41) is 9.34. The maximum absolute atomic E-state index is 12.6. The zero-order chi connectivity index (χ0) is 14.7. The summed E-state index contributed by atoms with van der Waals surface area (Å²) in [6.45, 7) is 4.11. The highest BCUT2D eigenvalue weighted by molar-refractivity contribution is 8.00. The van der Waals surface area contributed by atoms with Gasteiger partial charge >= 0.3 is 5.97 Å². The van der Waals surface area contributed by atoms with Gasteiger partial charge in [0, 0.05) is 12.2 Å². The molecule has 0 radical (unpaired) electrons. The lowest BCUT2D eigenvalue weighted by Gasteiger charge is -2.31. The van der Waals surface area contributed by atoms with E-state index in [0.717, 1.165) is 24.3 Å². The zero-order valence-electron chi connectivity index (χ0n) is 12.1. The molecule has 2 rings (SSSR count). The van der Waals surface area contributed by atoms with Gasteiger partial charge in [-0.05, 0) is 36.2 Å². The van der Waals surface area contributed by atoms with Crippen LogP contribution in [0.5, 0.6) is 0 Å². The molecule has 2 atom stereocenters. The smallest absolute Gasteiger partial charge is 0.327 e. The monoisotopic (exact) mass is 317 g/mol. The van der Waals surface area contributed by atoms with Crippen molar-refractivity contribution in [1.82, 2.24) is 4.90 Å². The minimum absolute atomic E-state index is 0.0153. The van der Waals surface area contributed by atoms with Gasteiger partial charge in [-0.3, -0.25) is 4.79 Å². The minimum atomic E-state index is -0.867. The van der Waals surface area contributed by atoms with Crippen LogP contribution in [0.4, 0.5) is 0 Å². The quantitative estimate of drug-likeness (QED) is 0.863. The first-order valence-electron chi connectivity index (χ1n) is 7.24. The summed E-state index contributed by atoms with van der Waals surface area (Å²) in [4.78, 5) is 25.6. The summed E-state index contributed by atoms with van der Waals surface area (Å²) in [5.74, 6) is 2.67. The lowest BCUT2D eigenvalue weighted by molar-refractivity contribution is -0.150. The summed E-state index contributed by atoms with van der Waals surface area (Å²) < 4.78 is 0. The number of carboxylic acids is 1. The van der Waals surface area contributed by atoms with Gasteiger partial charge in [0.1, 0.15) is 6.04 Å². The zero-order valence-corrected chi connectivity index (χ0v) is 13.7.